The minimum Gasteiger partial charge on any atom is -0.363 e. The summed E-state index contributed by atoms with van der Waals surface area (Å²) in [6, 6.07) is 1.38. The van der Waals surface area contributed by atoms with E-state index in [2.05, 4.69) is 10.2 Å². The van der Waals surface area contributed by atoms with Gasteiger partial charge in [-0.2, -0.15) is 5.10 Å². The maximum atomic E-state index is 10.7. The van der Waals surface area contributed by atoms with Gasteiger partial charge in [-0.25, -0.2) is 0 Å². The second kappa shape index (κ2) is 2.30. The molecule has 5 heteroatoms. The monoisotopic (exact) mass is 139 g/mol. The number of hydrogen-bond donors (Lipinski definition) is 2. The molecule has 1 aromatic heterocycles. The summed E-state index contributed by atoms with van der Waals surface area (Å²) in [7, 11) is 0. The minimum absolute atomic E-state index is 0.118. The predicted molar refractivity (Wildman–Crippen MR) is 32.1 cm³/mol. The first kappa shape index (κ1) is 6.47. The molecule has 0 saturated carbocycles. The fourth-order valence-corrected chi connectivity index (χ4v) is 0.515. The second-order valence-electron chi connectivity index (χ2n) is 1.66. The highest BCUT2D eigenvalue weighted by atomic mass is 16.2. The molecule has 0 aliphatic rings. The summed E-state index contributed by atoms with van der Waals surface area (Å²) in [6.45, 7) is 0. The van der Waals surface area contributed by atoms with Gasteiger partial charge in [0.1, 0.15) is 5.69 Å². The minimum atomic E-state index is -0.982. The summed E-state index contributed by atoms with van der Waals surface area (Å²) < 4.78 is 0. The van der Waals surface area contributed by atoms with E-state index in [0.29, 0.717) is 0 Å². The van der Waals surface area contributed by atoms with E-state index in [4.69, 9.17) is 5.73 Å². The molecule has 0 unspecified atom stereocenters. The maximum absolute atomic E-state index is 10.7. The summed E-state index contributed by atoms with van der Waals surface area (Å²) in [5, 5.41) is 5.79. The van der Waals surface area contributed by atoms with Crippen molar-refractivity contribution in [3.05, 3.63) is 18.0 Å². The molecule has 10 heavy (non-hydrogen) atoms. The first-order chi connectivity index (χ1) is 4.72. The first-order valence-electron chi connectivity index (χ1n) is 2.55. The maximum Gasteiger partial charge on any atom is 0.291 e. The standard InChI is InChI=1S/C5H5N3O2/c6-5(10)4(9)3-1-2-7-8-3/h1-2H,(H2,6,10)(H,7,8). The van der Waals surface area contributed by atoms with Gasteiger partial charge in [0.25, 0.3) is 11.7 Å². The Morgan fingerprint density at radius 1 is 1.60 bits per heavy atom. The summed E-state index contributed by atoms with van der Waals surface area (Å²) in [6.07, 6.45) is 1.37. The Kier molecular flexibility index (Phi) is 1.49. The highest BCUT2D eigenvalue weighted by Crippen LogP contribution is 1.91. The molecular weight excluding hydrogens is 134 g/mol. The molecule has 3 N–H and O–H groups in total. The van der Waals surface area contributed by atoms with Crippen molar-refractivity contribution in [2.75, 3.05) is 0 Å². The number of H-pyrrole nitrogens is 1. The van der Waals surface area contributed by atoms with Crippen LogP contribution >= 0.6 is 0 Å². The van der Waals surface area contributed by atoms with E-state index in [9.17, 15) is 9.59 Å². The number of nitrogens with zero attached hydrogens (tertiary/aromatic N) is 1. The van der Waals surface area contributed by atoms with Crippen LogP contribution in [0.2, 0.25) is 0 Å². The average molecular weight is 139 g/mol. The van der Waals surface area contributed by atoms with Crippen molar-refractivity contribution in [3.63, 3.8) is 0 Å². The second-order valence-corrected chi connectivity index (χ2v) is 1.66. The number of amides is 1. The Hall–Kier alpha value is -1.65. The molecule has 0 spiro atoms. The van der Waals surface area contributed by atoms with E-state index in [0.717, 1.165) is 0 Å². The molecule has 0 aliphatic carbocycles. The highest BCUT2D eigenvalue weighted by molar-refractivity contribution is 6.41. The predicted octanol–water partition coefficient (Wildman–Crippen LogP) is -0.922. The molecule has 0 bridgehead atoms. The Balaban J connectivity index is 2.88. The largest absolute Gasteiger partial charge is 0.363 e. The van der Waals surface area contributed by atoms with Crippen LogP contribution in [0.15, 0.2) is 12.3 Å². The summed E-state index contributed by atoms with van der Waals surface area (Å²) in [4.78, 5) is 20.9. The zero-order valence-corrected chi connectivity index (χ0v) is 5.00. The van der Waals surface area contributed by atoms with Crippen LogP contribution < -0.4 is 5.73 Å². The fourth-order valence-electron chi connectivity index (χ4n) is 0.515. The lowest BCUT2D eigenvalue weighted by Gasteiger charge is -1.86. The van der Waals surface area contributed by atoms with Crippen molar-refractivity contribution in [3.8, 4) is 0 Å². The number of ketones is 1. The lowest BCUT2D eigenvalue weighted by Crippen LogP contribution is -2.23. The quantitative estimate of drug-likeness (QED) is 0.410. The number of carbonyl (C=O) groups excluding carboxylic acids is 2. The van der Waals surface area contributed by atoms with E-state index in [1.165, 1.54) is 12.3 Å². The van der Waals surface area contributed by atoms with E-state index in [-0.39, 0.29) is 5.69 Å². The van der Waals surface area contributed by atoms with Gasteiger partial charge < -0.3 is 5.73 Å². The van der Waals surface area contributed by atoms with Gasteiger partial charge in [-0.05, 0) is 6.07 Å². The zero-order chi connectivity index (χ0) is 7.56. The Bertz CT molecular complexity index is 252. The van der Waals surface area contributed by atoms with E-state index >= 15 is 0 Å². The number of hydrogen-bond acceptors (Lipinski definition) is 3. The van der Waals surface area contributed by atoms with Crippen LogP contribution in [-0.2, 0) is 4.79 Å². The highest BCUT2D eigenvalue weighted by Gasteiger charge is 2.12. The molecule has 0 radical (unpaired) electrons. The van der Waals surface area contributed by atoms with E-state index < -0.39 is 11.7 Å². The normalized spacial score (nSPS) is 9.20. The summed E-state index contributed by atoms with van der Waals surface area (Å²) in [5.74, 6) is -1.73. The Labute approximate surface area is 56.2 Å². The van der Waals surface area contributed by atoms with Crippen molar-refractivity contribution in [2.24, 2.45) is 5.73 Å². The van der Waals surface area contributed by atoms with Crippen LogP contribution in [0.3, 0.4) is 0 Å². The van der Waals surface area contributed by atoms with Gasteiger partial charge in [-0.1, -0.05) is 0 Å². The molecule has 0 aromatic carbocycles. The van der Waals surface area contributed by atoms with Crippen LogP contribution in [0.4, 0.5) is 0 Å². The third-order valence-corrected chi connectivity index (χ3v) is 0.969. The number of nitrogens with two attached hydrogens (primary N) is 1. The molecule has 5 nitrogen and oxygen atoms in total. The summed E-state index contributed by atoms with van der Waals surface area (Å²) >= 11 is 0. The molecule has 1 heterocycles. The summed E-state index contributed by atoms with van der Waals surface area (Å²) in [5.41, 5.74) is 4.81. The number of rotatable bonds is 2. The van der Waals surface area contributed by atoms with Crippen molar-refractivity contribution in [2.45, 2.75) is 0 Å². The van der Waals surface area contributed by atoms with Gasteiger partial charge in [0.05, 0.1) is 0 Å². The van der Waals surface area contributed by atoms with Crippen LogP contribution in [0.5, 0.6) is 0 Å². The molecule has 1 amide bonds. The van der Waals surface area contributed by atoms with Crippen LogP contribution in [-0.4, -0.2) is 21.9 Å². The van der Waals surface area contributed by atoms with Crippen molar-refractivity contribution < 1.29 is 9.59 Å². The van der Waals surface area contributed by atoms with Crippen molar-refractivity contribution >= 4 is 11.7 Å². The molecule has 0 fully saturated rings. The molecule has 1 aromatic rings. The zero-order valence-electron chi connectivity index (χ0n) is 5.00. The van der Waals surface area contributed by atoms with Crippen LogP contribution in [0.25, 0.3) is 0 Å². The Morgan fingerprint density at radius 3 is 2.70 bits per heavy atom. The smallest absolute Gasteiger partial charge is 0.291 e. The molecule has 1 rings (SSSR count). The lowest BCUT2D eigenvalue weighted by molar-refractivity contribution is -0.114. The Morgan fingerprint density at radius 2 is 2.30 bits per heavy atom. The number of nitrogens with one attached hydrogen (secondary N) is 1. The SMILES string of the molecule is NC(=O)C(=O)c1ccn[nH]1. The average Bonchev–Trinajstić information content (AvgIpc) is 2.36. The lowest BCUT2D eigenvalue weighted by atomic mass is 10.3. The topological polar surface area (TPSA) is 88.8 Å². The van der Waals surface area contributed by atoms with Crippen LogP contribution in [0, 0.1) is 0 Å². The number of primary amides is 1. The third-order valence-electron chi connectivity index (χ3n) is 0.969. The fraction of sp³-hybridized carbons (Fsp3) is 0. The third kappa shape index (κ3) is 1.02. The van der Waals surface area contributed by atoms with Gasteiger partial charge in [-0.15, -0.1) is 0 Å². The molecule has 0 aliphatic heterocycles. The van der Waals surface area contributed by atoms with Crippen LogP contribution in [0.1, 0.15) is 10.5 Å². The van der Waals surface area contributed by atoms with E-state index in [1.807, 2.05) is 0 Å². The van der Waals surface area contributed by atoms with Gasteiger partial charge in [-0.3, -0.25) is 14.7 Å². The van der Waals surface area contributed by atoms with Gasteiger partial charge in [0.2, 0.25) is 0 Å². The number of aromatic nitrogens is 2. The molecule has 0 atom stereocenters. The van der Waals surface area contributed by atoms with Gasteiger partial charge in [0.15, 0.2) is 0 Å². The number of Topliss-reactive ketones (excluding diaryl/α,β-unsaturated/α-hetero) is 1. The molecule has 0 saturated heterocycles. The molecular formula is C5H5N3O2. The van der Waals surface area contributed by atoms with Crippen molar-refractivity contribution in [1.82, 2.24) is 10.2 Å². The molecule has 52 valence electrons. The van der Waals surface area contributed by atoms with Gasteiger partial charge in [0, 0.05) is 6.20 Å². The number of aromatic amines is 1. The van der Waals surface area contributed by atoms with Gasteiger partial charge >= 0.3 is 0 Å². The van der Waals surface area contributed by atoms with E-state index in [1.54, 1.807) is 0 Å². The van der Waals surface area contributed by atoms with Crippen molar-refractivity contribution in [1.29, 1.82) is 0 Å². The number of carbonyl (C=O) groups is 2. The first-order valence-corrected chi connectivity index (χ1v) is 2.55.